The first-order chi connectivity index (χ1) is 4.97. The van der Waals surface area contributed by atoms with Crippen LogP contribution in [-0.4, -0.2) is 5.16 Å². The molecule has 60 valence electrons. The third kappa shape index (κ3) is 2.00. The third-order valence-corrected chi connectivity index (χ3v) is 2.59. The van der Waals surface area contributed by atoms with Gasteiger partial charge in [0.2, 0.25) is 0 Å². The van der Waals surface area contributed by atoms with Crippen LogP contribution in [0.1, 0.15) is 20.8 Å². The van der Waals surface area contributed by atoms with E-state index in [4.69, 9.17) is 0 Å². The van der Waals surface area contributed by atoms with E-state index < -0.39 is 0 Å². The van der Waals surface area contributed by atoms with E-state index in [1.807, 2.05) is 19.1 Å². The Hall–Kier alpha value is -0.420. The fraction of sp³-hybridized carbons (Fsp3) is 0.556. The molecule has 0 spiro atoms. The molecule has 1 rings (SSSR count). The van der Waals surface area contributed by atoms with Crippen molar-refractivity contribution < 1.29 is 4.57 Å². The Kier molecular flexibility index (Phi) is 2.02. The van der Waals surface area contributed by atoms with Gasteiger partial charge in [0, 0.05) is 5.41 Å². The largest absolute Gasteiger partial charge is 0.274 e. The molecule has 0 aliphatic heterocycles. The van der Waals surface area contributed by atoms with Gasteiger partial charge in [-0.3, -0.25) is 4.57 Å². The van der Waals surface area contributed by atoms with Crippen molar-refractivity contribution in [3.8, 4) is 0 Å². The summed E-state index contributed by atoms with van der Waals surface area (Å²) in [6, 6.07) is 0. The van der Waals surface area contributed by atoms with Crippen LogP contribution in [0.3, 0.4) is 0 Å². The lowest BCUT2D eigenvalue weighted by atomic mass is 9.86. The van der Waals surface area contributed by atoms with E-state index in [0.29, 0.717) is 0 Å². The van der Waals surface area contributed by atoms with Gasteiger partial charge in [-0.25, -0.2) is 0 Å². The number of rotatable bonds is 1. The Labute approximate surface area is 69.4 Å². The molecule has 0 aromatic rings. The summed E-state index contributed by atoms with van der Waals surface area (Å²) >= 11 is 0. The SMILES string of the molecule is CC1(C)C=CC(C)(P=O)C=C1. The van der Waals surface area contributed by atoms with Gasteiger partial charge in [-0.1, -0.05) is 38.2 Å². The average Bonchev–Trinajstić information content (AvgIpc) is 1.97. The van der Waals surface area contributed by atoms with Crippen molar-refractivity contribution in [3.63, 3.8) is 0 Å². The third-order valence-electron chi connectivity index (χ3n) is 1.90. The first-order valence-corrected chi connectivity index (χ1v) is 4.54. The van der Waals surface area contributed by atoms with Crippen molar-refractivity contribution in [2.24, 2.45) is 5.41 Å². The van der Waals surface area contributed by atoms with Crippen molar-refractivity contribution in [2.45, 2.75) is 25.9 Å². The van der Waals surface area contributed by atoms with Gasteiger partial charge in [0.1, 0.15) is 0 Å². The first-order valence-electron chi connectivity index (χ1n) is 3.73. The topological polar surface area (TPSA) is 17.1 Å². The van der Waals surface area contributed by atoms with Crippen LogP contribution in [0.2, 0.25) is 0 Å². The highest BCUT2D eigenvalue weighted by Gasteiger charge is 2.24. The molecule has 0 heterocycles. The Morgan fingerprint density at radius 2 is 1.45 bits per heavy atom. The van der Waals surface area contributed by atoms with E-state index in [9.17, 15) is 4.57 Å². The fourth-order valence-electron chi connectivity index (χ4n) is 0.939. The average molecular weight is 168 g/mol. The predicted molar refractivity (Wildman–Crippen MR) is 48.1 cm³/mol. The van der Waals surface area contributed by atoms with Crippen molar-refractivity contribution >= 4 is 8.46 Å². The molecule has 0 unspecified atom stereocenters. The zero-order valence-corrected chi connectivity index (χ0v) is 8.06. The van der Waals surface area contributed by atoms with Crippen LogP contribution in [0.4, 0.5) is 0 Å². The molecular formula is C9H13OP. The Balaban J connectivity index is 2.88. The summed E-state index contributed by atoms with van der Waals surface area (Å²) in [5.74, 6) is 0. The lowest BCUT2D eigenvalue weighted by Crippen LogP contribution is -2.17. The molecule has 0 fully saturated rings. The van der Waals surface area contributed by atoms with Crippen LogP contribution in [-0.2, 0) is 4.57 Å². The molecule has 1 nitrogen and oxygen atoms in total. The standard InChI is InChI=1S/C9H13OP/c1-8(2)4-6-9(3,11-10)7-5-8/h4-7H,1-3H3. The zero-order chi connectivity index (χ0) is 8.54. The zero-order valence-electron chi connectivity index (χ0n) is 7.16. The van der Waals surface area contributed by atoms with E-state index in [-0.39, 0.29) is 19.0 Å². The van der Waals surface area contributed by atoms with Crippen molar-refractivity contribution in [3.05, 3.63) is 24.3 Å². The molecule has 0 amide bonds. The second-order valence-electron chi connectivity index (χ2n) is 3.81. The normalized spacial score (nSPS) is 25.7. The second-order valence-corrected chi connectivity index (χ2v) is 4.95. The Morgan fingerprint density at radius 3 is 1.82 bits per heavy atom. The Morgan fingerprint density at radius 1 is 1.00 bits per heavy atom. The van der Waals surface area contributed by atoms with Crippen LogP contribution in [0, 0.1) is 5.41 Å². The first kappa shape index (κ1) is 8.67. The van der Waals surface area contributed by atoms with Crippen LogP contribution >= 0.6 is 8.46 Å². The summed E-state index contributed by atoms with van der Waals surface area (Å²) in [5.41, 5.74) is 0.129. The van der Waals surface area contributed by atoms with Crippen molar-refractivity contribution in [2.75, 3.05) is 0 Å². The molecular weight excluding hydrogens is 155 g/mol. The lowest BCUT2D eigenvalue weighted by Gasteiger charge is -2.24. The summed E-state index contributed by atoms with van der Waals surface area (Å²) in [6.07, 6.45) is 8.19. The highest BCUT2D eigenvalue weighted by molar-refractivity contribution is 7.26. The van der Waals surface area contributed by atoms with Gasteiger partial charge in [0.05, 0.1) is 5.16 Å². The highest BCUT2D eigenvalue weighted by Crippen LogP contribution is 2.34. The van der Waals surface area contributed by atoms with Crippen LogP contribution in [0.25, 0.3) is 0 Å². The molecule has 0 atom stereocenters. The molecule has 0 saturated carbocycles. The molecule has 1 aliphatic rings. The van der Waals surface area contributed by atoms with Gasteiger partial charge >= 0.3 is 0 Å². The molecule has 11 heavy (non-hydrogen) atoms. The molecule has 0 N–H and O–H groups in total. The van der Waals surface area contributed by atoms with Crippen LogP contribution < -0.4 is 0 Å². The van der Waals surface area contributed by atoms with E-state index in [1.165, 1.54) is 0 Å². The van der Waals surface area contributed by atoms with Gasteiger partial charge in [-0.15, -0.1) is 0 Å². The van der Waals surface area contributed by atoms with Gasteiger partial charge in [-0.05, 0) is 6.92 Å². The van der Waals surface area contributed by atoms with Gasteiger partial charge in [0.15, 0.2) is 8.46 Å². The molecule has 1 aliphatic carbocycles. The minimum atomic E-state index is -0.268. The molecule has 0 saturated heterocycles. The minimum Gasteiger partial charge on any atom is -0.274 e. The number of hydrogen-bond donors (Lipinski definition) is 0. The van der Waals surface area contributed by atoms with Crippen molar-refractivity contribution in [1.29, 1.82) is 0 Å². The summed E-state index contributed by atoms with van der Waals surface area (Å²) in [6.45, 7) is 6.20. The molecule has 2 heteroatoms. The van der Waals surface area contributed by atoms with E-state index in [1.54, 1.807) is 0 Å². The molecule has 0 aromatic carbocycles. The monoisotopic (exact) mass is 168 g/mol. The van der Waals surface area contributed by atoms with Gasteiger partial charge in [-0.2, -0.15) is 0 Å². The second kappa shape index (κ2) is 2.57. The molecule has 0 radical (unpaired) electrons. The Bertz CT molecular complexity index is 210. The van der Waals surface area contributed by atoms with E-state index in [0.717, 1.165) is 0 Å². The summed E-state index contributed by atoms with van der Waals surface area (Å²) in [7, 11) is 0.169. The summed E-state index contributed by atoms with van der Waals surface area (Å²) in [4.78, 5) is 0. The predicted octanol–water partition coefficient (Wildman–Crippen LogP) is 3.19. The number of hydrogen-bond acceptors (Lipinski definition) is 1. The summed E-state index contributed by atoms with van der Waals surface area (Å²) < 4.78 is 10.7. The molecule has 0 bridgehead atoms. The quantitative estimate of drug-likeness (QED) is 0.434. The summed E-state index contributed by atoms with van der Waals surface area (Å²) in [5, 5.41) is -0.268. The number of allylic oxidation sites excluding steroid dienone is 4. The smallest absolute Gasteiger partial charge is 0.170 e. The fourth-order valence-corrected chi connectivity index (χ4v) is 1.21. The highest BCUT2D eigenvalue weighted by atomic mass is 31.1. The van der Waals surface area contributed by atoms with Gasteiger partial charge in [0.25, 0.3) is 0 Å². The van der Waals surface area contributed by atoms with E-state index >= 15 is 0 Å². The maximum atomic E-state index is 10.7. The van der Waals surface area contributed by atoms with E-state index in [2.05, 4.69) is 26.0 Å². The lowest BCUT2D eigenvalue weighted by molar-refractivity contribution is 0.579. The molecule has 0 aromatic heterocycles. The maximum absolute atomic E-state index is 10.7. The van der Waals surface area contributed by atoms with Crippen LogP contribution in [0.5, 0.6) is 0 Å². The minimum absolute atomic E-state index is 0.129. The van der Waals surface area contributed by atoms with Gasteiger partial charge < -0.3 is 0 Å². The maximum Gasteiger partial charge on any atom is 0.170 e. The van der Waals surface area contributed by atoms with Crippen LogP contribution in [0.15, 0.2) is 24.3 Å². The van der Waals surface area contributed by atoms with Crippen molar-refractivity contribution in [1.82, 2.24) is 0 Å².